The summed E-state index contributed by atoms with van der Waals surface area (Å²) >= 11 is 0. The molecule has 0 spiro atoms. The molecular formula is C51H72F6. The van der Waals surface area contributed by atoms with Crippen LogP contribution in [-0.2, 0) is 12.8 Å². The van der Waals surface area contributed by atoms with Crippen LogP contribution in [0.3, 0.4) is 0 Å². The molecule has 6 heteroatoms. The van der Waals surface area contributed by atoms with Crippen molar-refractivity contribution >= 4 is 0 Å². The molecule has 0 amide bonds. The molecule has 0 nitrogen and oxygen atoms in total. The fraction of sp³-hybridized carbons (Fsp3) is 0.765. The molecule has 2 aromatic rings. The Bertz CT molecular complexity index is 1470. The molecule has 0 saturated heterocycles. The van der Waals surface area contributed by atoms with Crippen molar-refractivity contribution < 1.29 is 26.3 Å². The zero-order chi connectivity index (χ0) is 39.7. The van der Waals surface area contributed by atoms with Crippen LogP contribution in [0, 0.1) is 94.1 Å². The molecule has 0 N–H and O–H groups in total. The second kappa shape index (κ2) is 21.0. The minimum Gasteiger partial charge on any atom is -0.204 e. The van der Waals surface area contributed by atoms with E-state index in [1.165, 1.54) is 161 Å². The summed E-state index contributed by atoms with van der Waals surface area (Å²) in [5.41, 5.74) is 1.17. The molecule has 0 bridgehead atoms. The lowest BCUT2D eigenvalue weighted by molar-refractivity contribution is 0.126. The molecule has 6 fully saturated rings. The van der Waals surface area contributed by atoms with Crippen molar-refractivity contribution in [3.63, 3.8) is 0 Å². The van der Waals surface area contributed by atoms with Crippen molar-refractivity contribution in [2.45, 2.75) is 186 Å². The summed E-state index contributed by atoms with van der Waals surface area (Å²) in [4.78, 5) is 0. The second-order valence-corrected chi connectivity index (χ2v) is 20.4. The largest absolute Gasteiger partial charge is 0.204 e. The first-order chi connectivity index (χ1) is 27.7. The normalized spacial score (nSPS) is 31.4. The Balaban J connectivity index is 0.000000174. The molecule has 0 unspecified atom stereocenters. The summed E-state index contributed by atoms with van der Waals surface area (Å²) in [6.45, 7) is 0. The van der Waals surface area contributed by atoms with Gasteiger partial charge in [0.05, 0.1) is 0 Å². The highest BCUT2D eigenvalue weighted by atomic mass is 19.2. The molecule has 6 saturated carbocycles. The van der Waals surface area contributed by atoms with E-state index in [2.05, 4.69) is 0 Å². The minimum absolute atomic E-state index is 0.586. The number of halogens is 6. The number of rotatable bonds is 12. The van der Waals surface area contributed by atoms with Gasteiger partial charge in [0.2, 0.25) is 0 Å². The van der Waals surface area contributed by atoms with Gasteiger partial charge in [-0.25, -0.2) is 26.3 Å². The fourth-order valence-electron chi connectivity index (χ4n) is 12.9. The monoisotopic (exact) mass is 799 g/mol. The van der Waals surface area contributed by atoms with Crippen molar-refractivity contribution in [1.29, 1.82) is 0 Å². The highest BCUT2D eigenvalue weighted by Gasteiger charge is 2.34. The van der Waals surface area contributed by atoms with Gasteiger partial charge in [0, 0.05) is 0 Å². The van der Waals surface area contributed by atoms with E-state index in [9.17, 15) is 26.3 Å². The summed E-state index contributed by atoms with van der Waals surface area (Å²) in [6.07, 6.45) is 38.5. The van der Waals surface area contributed by atoms with E-state index in [4.69, 9.17) is 0 Å². The van der Waals surface area contributed by atoms with Gasteiger partial charge in [-0.1, -0.05) is 96.3 Å². The Morgan fingerprint density at radius 2 is 0.579 bits per heavy atom. The second-order valence-electron chi connectivity index (χ2n) is 20.4. The van der Waals surface area contributed by atoms with E-state index < -0.39 is 34.9 Å². The third-order valence-corrected chi connectivity index (χ3v) is 16.7. The van der Waals surface area contributed by atoms with Gasteiger partial charge in [-0.15, -0.1) is 0 Å². The zero-order valence-corrected chi connectivity index (χ0v) is 34.9. The summed E-state index contributed by atoms with van der Waals surface area (Å²) in [5.74, 6) is 2.14. The van der Waals surface area contributed by atoms with Crippen LogP contribution in [0.5, 0.6) is 0 Å². The van der Waals surface area contributed by atoms with E-state index in [1.807, 2.05) is 0 Å². The molecule has 318 valence electrons. The average Bonchev–Trinajstić information content (AvgIpc) is 3.73. The Morgan fingerprint density at radius 1 is 0.316 bits per heavy atom. The SMILES string of the molecule is Fc1cc(CCC2CCC(C3CCC(CC4CCC4)CC3)CC2)cc(F)c1F.Fc1cc(CCC2CCC(C3CCC(CC4CCCC4)CC3)CC2)cc(F)c1F. The third kappa shape index (κ3) is 12.3. The predicted molar refractivity (Wildman–Crippen MR) is 220 cm³/mol. The summed E-state index contributed by atoms with van der Waals surface area (Å²) < 4.78 is 79.7. The highest BCUT2D eigenvalue weighted by Crippen LogP contribution is 2.46. The number of hydrogen-bond donors (Lipinski definition) is 0. The molecule has 2 aromatic carbocycles. The quantitative estimate of drug-likeness (QED) is 0.148. The predicted octanol–water partition coefficient (Wildman–Crippen LogP) is 16.1. The lowest BCUT2D eigenvalue weighted by Crippen LogP contribution is -2.27. The van der Waals surface area contributed by atoms with Crippen molar-refractivity contribution in [2.24, 2.45) is 59.2 Å². The number of hydrogen-bond acceptors (Lipinski definition) is 0. The van der Waals surface area contributed by atoms with Crippen LogP contribution in [0.25, 0.3) is 0 Å². The maximum Gasteiger partial charge on any atom is 0.194 e. The molecule has 0 heterocycles. The van der Waals surface area contributed by atoms with Crippen molar-refractivity contribution in [2.75, 3.05) is 0 Å². The Hall–Kier alpha value is -1.98. The lowest BCUT2D eigenvalue weighted by atomic mass is 9.67. The topological polar surface area (TPSA) is 0 Å². The number of aryl methyl sites for hydroxylation is 2. The molecular weight excluding hydrogens is 727 g/mol. The molecule has 0 radical (unpaired) electrons. The lowest BCUT2D eigenvalue weighted by Gasteiger charge is -2.39. The Morgan fingerprint density at radius 3 is 0.860 bits per heavy atom. The van der Waals surface area contributed by atoms with Gasteiger partial charge >= 0.3 is 0 Å². The van der Waals surface area contributed by atoms with E-state index in [0.29, 0.717) is 35.8 Å². The van der Waals surface area contributed by atoms with Gasteiger partial charge in [-0.05, 0) is 184 Å². The molecule has 0 aliphatic heterocycles. The van der Waals surface area contributed by atoms with E-state index in [0.717, 1.165) is 84.5 Å². The van der Waals surface area contributed by atoms with Gasteiger partial charge in [0.25, 0.3) is 0 Å². The Kier molecular flexibility index (Phi) is 15.9. The molecule has 6 aliphatic rings. The van der Waals surface area contributed by atoms with Crippen molar-refractivity contribution in [3.05, 3.63) is 70.3 Å². The first kappa shape index (κ1) is 43.1. The summed E-state index contributed by atoms with van der Waals surface area (Å²) in [6, 6.07) is 4.64. The van der Waals surface area contributed by atoms with Crippen molar-refractivity contribution in [3.8, 4) is 0 Å². The molecule has 8 rings (SSSR count). The zero-order valence-electron chi connectivity index (χ0n) is 34.9. The van der Waals surface area contributed by atoms with Gasteiger partial charge in [-0.3, -0.25) is 0 Å². The third-order valence-electron chi connectivity index (χ3n) is 16.7. The van der Waals surface area contributed by atoms with Gasteiger partial charge < -0.3 is 0 Å². The van der Waals surface area contributed by atoms with Crippen LogP contribution in [0.2, 0.25) is 0 Å². The van der Waals surface area contributed by atoms with Gasteiger partial charge in [0.15, 0.2) is 34.9 Å². The maximum atomic E-state index is 13.4. The van der Waals surface area contributed by atoms with E-state index in [-0.39, 0.29) is 0 Å². The molecule has 57 heavy (non-hydrogen) atoms. The molecule has 0 atom stereocenters. The highest BCUT2D eigenvalue weighted by molar-refractivity contribution is 5.20. The van der Waals surface area contributed by atoms with Gasteiger partial charge in [-0.2, -0.15) is 0 Å². The average molecular weight is 799 g/mol. The van der Waals surface area contributed by atoms with Gasteiger partial charge in [0.1, 0.15) is 0 Å². The van der Waals surface area contributed by atoms with E-state index >= 15 is 0 Å². The van der Waals surface area contributed by atoms with Crippen LogP contribution in [0.4, 0.5) is 26.3 Å². The standard InChI is InChI=1S/C26H37F3.C25H35F3/c27-24-16-21(17-25(28)26(24)29)6-5-18-7-11-22(12-8-18)23-13-9-20(10-14-23)15-19-3-1-2-4-19;26-23-15-20(16-24(27)25(23)28)5-4-17-6-10-21(11-7-17)22-12-8-19(9-13-22)14-18-2-1-3-18/h16-20,22-23H,1-15H2;15-19,21-22H,1-14H2. The van der Waals surface area contributed by atoms with E-state index in [1.54, 1.807) is 0 Å². The first-order valence-electron chi connectivity index (χ1n) is 23.9. The first-order valence-corrected chi connectivity index (χ1v) is 23.9. The van der Waals surface area contributed by atoms with Crippen LogP contribution in [0.1, 0.15) is 184 Å². The summed E-state index contributed by atoms with van der Waals surface area (Å²) in [5, 5.41) is 0. The van der Waals surface area contributed by atoms with Crippen LogP contribution in [0.15, 0.2) is 24.3 Å². The fourth-order valence-corrected chi connectivity index (χ4v) is 12.9. The number of benzene rings is 2. The Labute approximate surface area is 341 Å². The smallest absolute Gasteiger partial charge is 0.194 e. The summed E-state index contributed by atoms with van der Waals surface area (Å²) in [7, 11) is 0. The van der Waals surface area contributed by atoms with Crippen LogP contribution >= 0.6 is 0 Å². The minimum atomic E-state index is -1.35. The maximum absolute atomic E-state index is 13.4. The molecule has 0 aromatic heterocycles. The van der Waals surface area contributed by atoms with Crippen molar-refractivity contribution in [1.82, 2.24) is 0 Å². The van der Waals surface area contributed by atoms with Crippen LogP contribution < -0.4 is 0 Å². The van der Waals surface area contributed by atoms with Crippen LogP contribution in [-0.4, -0.2) is 0 Å². The molecule has 6 aliphatic carbocycles.